The lowest BCUT2D eigenvalue weighted by molar-refractivity contribution is -0.133. The number of rotatable bonds is 3. The molecule has 144 valence electrons. The van der Waals surface area contributed by atoms with Crippen LogP contribution in [0.2, 0.25) is 0 Å². The van der Waals surface area contributed by atoms with Gasteiger partial charge in [-0.05, 0) is 12.5 Å². The predicted octanol–water partition coefficient (Wildman–Crippen LogP) is 2.59. The van der Waals surface area contributed by atoms with E-state index in [0.717, 1.165) is 11.1 Å². The van der Waals surface area contributed by atoms with Crippen molar-refractivity contribution in [3.63, 3.8) is 0 Å². The van der Waals surface area contributed by atoms with Gasteiger partial charge in [-0.15, -0.1) is 0 Å². The lowest BCUT2D eigenvalue weighted by Crippen LogP contribution is -2.51. The van der Waals surface area contributed by atoms with Crippen molar-refractivity contribution in [3.8, 4) is 0 Å². The molecule has 1 saturated heterocycles. The summed E-state index contributed by atoms with van der Waals surface area (Å²) in [6, 6.07) is 19.6. The number of piperazine rings is 1. The lowest BCUT2D eigenvalue weighted by Gasteiger charge is -2.36. The summed E-state index contributed by atoms with van der Waals surface area (Å²) in [4.78, 5) is 33.0. The highest BCUT2D eigenvalue weighted by Gasteiger charge is 2.35. The SMILES string of the molecule is CC(C(=O)N1CCN(C2=NC(=O)C(c3ccccc3)O2)CC1)c1ccccc1. The molecule has 28 heavy (non-hydrogen) atoms. The molecule has 2 heterocycles. The Morgan fingerprint density at radius 3 is 2.25 bits per heavy atom. The number of benzene rings is 2. The van der Waals surface area contributed by atoms with Gasteiger partial charge in [0.15, 0.2) is 0 Å². The molecule has 6 heteroatoms. The van der Waals surface area contributed by atoms with Gasteiger partial charge in [0.2, 0.25) is 12.0 Å². The van der Waals surface area contributed by atoms with Gasteiger partial charge in [0, 0.05) is 31.7 Å². The molecule has 0 bridgehead atoms. The van der Waals surface area contributed by atoms with Crippen LogP contribution in [-0.4, -0.2) is 53.8 Å². The maximum absolute atomic E-state index is 12.8. The van der Waals surface area contributed by atoms with E-state index in [2.05, 4.69) is 4.99 Å². The third kappa shape index (κ3) is 3.63. The summed E-state index contributed by atoms with van der Waals surface area (Å²) >= 11 is 0. The van der Waals surface area contributed by atoms with Crippen molar-refractivity contribution in [2.24, 2.45) is 4.99 Å². The maximum atomic E-state index is 12.8. The van der Waals surface area contributed by atoms with E-state index in [1.807, 2.05) is 77.4 Å². The number of nitrogens with zero attached hydrogens (tertiary/aromatic N) is 3. The lowest BCUT2D eigenvalue weighted by atomic mass is 9.99. The molecule has 2 aliphatic rings. The Labute approximate surface area is 164 Å². The first-order chi connectivity index (χ1) is 13.6. The highest BCUT2D eigenvalue weighted by molar-refractivity contribution is 5.99. The van der Waals surface area contributed by atoms with Gasteiger partial charge in [0.1, 0.15) is 0 Å². The van der Waals surface area contributed by atoms with Crippen LogP contribution in [0.5, 0.6) is 0 Å². The van der Waals surface area contributed by atoms with E-state index in [4.69, 9.17) is 4.74 Å². The van der Waals surface area contributed by atoms with Crippen molar-refractivity contribution < 1.29 is 14.3 Å². The fraction of sp³-hybridized carbons (Fsp3) is 0.318. The molecule has 0 aliphatic carbocycles. The second kappa shape index (κ2) is 7.84. The average Bonchev–Trinajstić information content (AvgIpc) is 3.15. The van der Waals surface area contributed by atoms with Crippen LogP contribution in [0.15, 0.2) is 65.7 Å². The summed E-state index contributed by atoms with van der Waals surface area (Å²) in [5.41, 5.74) is 1.83. The summed E-state index contributed by atoms with van der Waals surface area (Å²) in [6.07, 6.45) is -0.672. The molecule has 0 aromatic heterocycles. The molecule has 2 amide bonds. The first-order valence-electron chi connectivity index (χ1n) is 9.56. The van der Waals surface area contributed by atoms with Gasteiger partial charge in [-0.25, -0.2) is 0 Å². The molecule has 0 spiro atoms. The van der Waals surface area contributed by atoms with E-state index in [1.165, 1.54) is 0 Å². The maximum Gasteiger partial charge on any atom is 0.296 e. The molecule has 2 aromatic carbocycles. The first kappa shape index (κ1) is 18.2. The zero-order chi connectivity index (χ0) is 19.5. The monoisotopic (exact) mass is 377 g/mol. The minimum absolute atomic E-state index is 0.123. The second-order valence-corrected chi connectivity index (χ2v) is 7.09. The van der Waals surface area contributed by atoms with Gasteiger partial charge in [-0.3, -0.25) is 9.59 Å². The fourth-order valence-electron chi connectivity index (χ4n) is 3.60. The summed E-state index contributed by atoms with van der Waals surface area (Å²) < 4.78 is 5.83. The standard InChI is InChI=1S/C22H23N3O3/c1-16(17-8-4-2-5-9-17)21(27)24-12-14-25(15-13-24)22-23-20(26)19(28-22)18-10-6-3-7-11-18/h2-11,16,19H,12-15H2,1H3. The Balaban J connectivity index is 1.35. The molecule has 0 saturated carbocycles. The highest BCUT2D eigenvalue weighted by atomic mass is 16.5. The van der Waals surface area contributed by atoms with Crippen molar-refractivity contribution in [1.29, 1.82) is 0 Å². The normalized spacial score (nSPS) is 20.5. The van der Waals surface area contributed by atoms with Gasteiger partial charge in [-0.1, -0.05) is 60.7 Å². The van der Waals surface area contributed by atoms with Crippen LogP contribution in [0.4, 0.5) is 0 Å². The Morgan fingerprint density at radius 2 is 1.61 bits per heavy atom. The minimum Gasteiger partial charge on any atom is -0.446 e. The molecule has 6 nitrogen and oxygen atoms in total. The third-order valence-corrected chi connectivity index (χ3v) is 5.29. The van der Waals surface area contributed by atoms with Gasteiger partial charge >= 0.3 is 0 Å². The smallest absolute Gasteiger partial charge is 0.296 e. The zero-order valence-electron chi connectivity index (χ0n) is 15.8. The Kier molecular flexibility index (Phi) is 5.10. The molecule has 1 fully saturated rings. The quantitative estimate of drug-likeness (QED) is 0.825. The number of hydrogen-bond acceptors (Lipinski definition) is 4. The van der Waals surface area contributed by atoms with Crippen molar-refractivity contribution in [2.75, 3.05) is 26.2 Å². The number of ether oxygens (including phenoxy) is 1. The Morgan fingerprint density at radius 1 is 1.00 bits per heavy atom. The number of amides is 2. The fourth-order valence-corrected chi connectivity index (χ4v) is 3.60. The van der Waals surface area contributed by atoms with Crippen LogP contribution in [0.3, 0.4) is 0 Å². The highest BCUT2D eigenvalue weighted by Crippen LogP contribution is 2.26. The van der Waals surface area contributed by atoms with Crippen molar-refractivity contribution in [1.82, 2.24) is 9.80 Å². The number of carbonyl (C=O) groups excluding carboxylic acids is 2. The topological polar surface area (TPSA) is 62.2 Å². The van der Waals surface area contributed by atoms with Crippen LogP contribution in [0.1, 0.15) is 30.1 Å². The van der Waals surface area contributed by atoms with Crippen molar-refractivity contribution in [2.45, 2.75) is 18.9 Å². The molecule has 4 rings (SSSR count). The van der Waals surface area contributed by atoms with Crippen LogP contribution in [0.25, 0.3) is 0 Å². The molecule has 2 aromatic rings. The molecule has 0 N–H and O–H groups in total. The Hall–Kier alpha value is -3.15. The first-order valence-corrected chi connectivity index (χ1v) is 9.56. The summed E-state index contributed by atoms with van der Waals surface area (Å²) in [5.74, 6) is -0.326. The van der Waals surface area contributed by atoms with Gasteiger partial charge < -0.3 is 14.5 Å². The van der Waals surface area contributed by atoms with Crippen LogP contribution in [0, 0.1) is 0 Å². The summed E-state index contributed by atoms with van der Waals surface area (Å²) in [7, 11) is 0. The van der Waals surface area contributed by atoms with Crippen LogP contribution < -0.4 is 0 Å². The zero-order valence-corrected chi connectivity index (χ0v) is 15.8. The van der Waals surface area contributed by atoms with Crippen molar-refractivity contribution in [3.05, 3.63) is 71.8 Å². The number of hydrogen-bond donors (Lipinski definition) is 0. The average molecular weight is 377 g/mol. The number of carbonyl (C=O) groups is 2. The van der Waals surface area contributed by atoms with E-state index in [-0.39, 0.29) is 17.7 Å². The van der Waals surface area contributed by atoms with Gasteiger partial charge in [-0.2, -0.15) is 4.99 Å². The number of aliphatic imine (C=N–C) groups is 1. The van der Waals surface area contributed by atoms with E-state index < -0.39 is 6.10 Å². The van der Waals surface area contributed by atoms with Gasteiger partial charge in [0.25, 0.3) is 11.9 Å². The third-order valence-electron chi connectivity index (χ3n) is 5.29. The van der Waals surface area contributed by atoms with E-state index >= 15 is 0 Å². The summed E-state index contributed by atoms with van der Waals surface area (Å²) in [6.45, 7) is 4.31. The van der Waals surface area contributed by atoms with E-state index in [1.54, 1.807) is 0 Å². The molecule has 2 atom stereocenters. The number of amidine groups is 1. The minimum atomic E-state index is -0.672. The summed E-state index contributed by atoms with van der Waals surface area (Å²) in [5, 5.41) is 0. The molecule has 2 aliphatic heterocycles. The molecular weight excluding hydrogens is 354 g/mol. The van der Waals surface area contributed by atoms with Crippen LogP contribution >= 0.6 is 0 Å². The second-order valence-electron chi connectivity index (χ2n) is 7.09. The largest absolute Gasteiger partial charge is 0.446 e. The Bertz CT molecular complexity index is 874. The van der Waals surface area contributed by atoms with Gasteiger partial charge in [0.05, 0.1) is 5.92 Å². The van der Waals surface area contributed by atoms with Crippen molar-refractivity contribution >= 4 is 17.8 Å². The molecule has 2 unspecified atom stereocenters. The molecular formula is C22H23N3O3. The molecule has 0 radical (unpaired) electrons. The van der Waals surface area contributed by atoms with Crippen LogP contribution in [-0.2, 0) is 14.3 Å². The van der Waals surface area contributed by atoms with E-state index in [9.17, 15) is 9.59 Å². The predicted molar refractivity (Wildman–Crippen MR) is 106 cm³/mol. The van der Waals surface area contributed by atoms with E-state index in [0.29, 0.717) is 32.2 Å².